The van der Waals surface area contributed by atoms with E-state index in [0.717, 1.165) is 5.76 Å². The quantitative estimate of drug-likeness (QED) is 0.692. The second kappa shape index (κ2) is 4.23. The fraction of sp³-hybridized carbons (Fsp3) is 0.625. The predicted octanol–water partition coefficient (Wildman–Crippen LogP) is 0.533. The molecule has 4 heteroatoms. The van der Waals surface area contributed by atoms with E-state index < -0.39 is 0 Å². The van der Waals surface area contributed by atoms with Crippen molar-refractivity contribution in [3.8, 4) is 0 Å². The standard InChI is InChI=1S/C8H14N2O2/c1-6(7(2)11)9-5-8-3-4-10-12-8/h3-4,6-7,9,11H,5H2,1-2H3. The van der Waals surface area contributed by atoms with Crippen molar-refractivity contribution < 1.29 is 9.63 Å². The summed E-state index contributed by atoms with van der Waals surface area (Å²) in [4.78, 5) is 0. The molecule has 0 aliphatic carbocycles. The van der Waals surface area contributed by atoms with Crippen molar-refractivity contribution in [1.29, 1.82) is 0 Å². The van der Waals surface area contributed by atoms with Gasteiger partial charge < -0.3 is 14.9 Å². The van der Waals surface area contributed by atoms with Crippen molar-refractivity contribution >= 4 is 0 Å². The Labute approximate surface area is 71.6 Å². The number of rotatable bonds is 4. The van der Waals surface area contributed by atoms with Crippen molar-refractivity contribution in [2.24, 2.45) is 0 Å². The van der Waals surface area contributed by atoms with Gasteiger partial charge in [0.1, 0.15) is 5.76 Å². The van der Waals surface area contributed by atoms with Gasteiger partial charge in [0, 0.05) is 12.1 Å². The fourth-order valence-corrected chi connectivity index (χ4v) is 0.765. The van der Waals surface area contributed by atoms with Crippen LogP contribution in [0.25, 0.3) is 0 Å². The van der Waals surface area contributed by atoms with E-state index in [0.29, 0.717) is 6.54 Å². The third-order valence-electron chi connectivity index (χ3n) is 1.81. The van der Waals surface area contributed by atoms with Gasteiger partial charge >= 0.3 is 0 Å². The van der Waals surface area contributed by atoms with Crippen LogP contribution in [0.5, 0.6) is 0 Å². The number of hydrogen-bond donors (Lipinski definition) is 2. The summed E-state index contributed by atoms with van der Waals surface area (Å²) in [7, 11) is 0. The van der Waals surface area contributed by atoms with Crippen molar-refractivity contribution in [2.45, 2.75) is 32.5 Å². The summed E-state index contributed by atoms with van der Waals surface area (Å²) in [5, 5.41) is 15.8. The molecular formula is C8H14N2O2. The van der Waals surface area contributed by atoms with E-state index in [-0.39, 0.29) is 12.1 Å². The Morgan fingerprint density at radius 2 is 2.42 bits per heavy atom. The minimum Gasteiger partial charge on any atom is -0.392 e. The van der Waals surface area contributed by atoms with Gasteiger partial charge in [-0.1, -0.05) is 5.16 Å². The SMILES string of the molecule is CC(O)C(C)NCc1ccno1. The normalized spacial score (nSPS) is 15.9. The molecule has 0 bridgehead atoms. The van der Waals surface area contributed by atoms with Crippen molar-refractivity contribution in [3.05, 3.63) is 18.0 Å². The molecule has 0 amide bonds. The third-order valence-corrected chi connectivity index (χ3v) is 1.81. The van der Waals surface area contributed by atoms with Gasteiger partial charge in [0.05, 0.1) is 18.8 Å². The Kier molecular flexibility index (Phi) is 3.25. The summed E-state index contributed by atoms with van der Waals surface area (Å²) in [6.45, 7) is 4.27. The van der Waals surface area contributed by atoms with Crippen LogP contribution in [0.15, 0.2) is 16.8 Å². The topological polar surface area (TPSA) is 58.3 Å². The van der Waals surface area contributed by atoms with Crippen LogP contribution in [-0.4, -0.2) is 22.4 Å². The Balaban J connectivity index is 2.27. The van der Waals surface area contributed by atoms with Crippen molar-refractivity contribution in [2.75, 3.05) is 0 Å². The van der Waals surface area contributed by atoms with Crippen LogP contribution in [-0.2, 0) is 6.54 Å². The second-order valence-electron chi connectivity index (χ2n) is 2.89. The van der Waals surface area contributed by atoms with Crippen molar-refractivity contribution in [1.82, 2.24) is 10.5 Å². The maximum Gasteiger partial charge on any atom is 0.150 e. The molecule has 0 radical (unpaired) electrons. The van der Waals surface area contributed by atoms with E-state index in [9.17, 15) is 0 Å². The highest BCUT2D eigenvalue weighted by molar-refractivity contribution is 4.92. The van der Waals surface area contributed by atoms with Gasteiger partial charge in [0.25, 0.3) is 0 Å². The van der Waals surface area contributed by atoms with E-state index in [2.05, 4.69) is 10.5 Å². The Morgan fingerprint density at radius 1 is 1.67 bits per heavy atom. The minimum atomic E-state index is -0.354. The van der Waals surface area contributed by atoms with E-state index in [1.165, 1.54) is 0 Å². The zero-order chi connectivity index (χ0) is 8.97. The molecule has 12 heavy (non-hydrogen) atoms. The molecule has 4 nitrogen and oxygen atoms in total. The first kappa shape index (κ1) is 9.22. The van der Waals surface area contributed by atoms with E-state index in [4.69, 9.17) is 9.63 Å². The van der Waals surface area contributed by atoms with Gasteiger partial charge in [0.2, 0.25) is 0 Å². The monoisotopic (exact) mass is 170 g/mol. The number of hydrogen-bond acceptors (Lipinski definition) is 4. The Morgan fingerprint density at radius 3 is 2.92 bits per heavy atom. The molecule has 0 fully saturated rings. The molecule has 0 saturated heterocycles. The summed E-state index contributed by atoms with van der Waals surface area (Å²) >= 11 is 0. The first-order valence-electron chi connectivity index (χ1n) is 4.01. The molecule has 68 valence electrons. The molecule has 0 saturated carbocycles. The molecule has 0 spiro atoms. The van der Waals surface area contributed by atoms with Gasteiger partial charge in [-0.2, -0.15) is 0 Å². The highest BCUT2D eigenvalue weighted by atomic mass is 16.5. The fourth-order valence-electron chi connectivity index (χ4n) is 0.765. The van der Waals surface area contributed by atoms with Crippen LogP contribution < -0.4 is 5.32 Å². The van der Waals surface area contributed by atoms with Gasteiger partial charge in [-0.05, 0) is 13.8 Å². The summed E-state index contributed by atoms with van der Waals surface area (Å²) in [5.74, 6) is 0.780. The molecule has 1 aromatic heterocycles. The number of nitrogens with one attached hydrogen (secondary N) is 1. The van der Waals surface area contributed by atoms with Gasteiger partial charge in [-0.3, -0.25) is 0 Å². The number of aromatic nitrogens is 1. The average molecular weight is 170 g/mol. The Bertz CT molecular complexity index is 209. The summed E-state index contributed by atoms with van der Waals surface area (Å²) < 4.78 is 4.87. The van der Waals surface area contributed by atoms with Gasteiger partial charge in [-0.15, -0.1) is 0 Å². The number of nitrogens with zero attached hydrogens (tertiary/aromatic N) is 1. The zero-order valence-electron chi connectivity index (χ0n) is 7.32. The maximum atomic E-state index is 9.14. The average Bonchev–Trinajstić information content (AvgIpc) is 2.51. The lowest BCUT2D eigenvalue weighted by Gasteiger charge is -2.14. The largest absolute Gasteiger partial charge is 0.392 e. The molecule has 0 aliphatic heterocycles. The molecule has 2 unspecified atom stereocenters. The van der Waals surface area contributed by atoms with Crippen LogP contribution in [0.3, 0.4) is 0 Å². The van der Waals surface area contributed by atoms with Gasteiger partial charge in [0.15, 0.2) is 0 Å². The Hall–Kier alpha value is -0.870. The minimum absolute atomic E-state index is 0.0649. The zero-order valence-corrected chi connectivity index (χ0v) is 7.32. The van der Waals surface area contributed by atoms with Crippen LogP contribution in [0.4, 0.5) is 0 Å². The molecule has 0 aromatic carbocycles. The van der Waals surface area contributed by atoms with Crippen LogP contribution in [0, 0.1) is 0 Å². The first-order valence-corrected chi connectivity index (χ1v) is 4.01. The summed E-state index contributed by atoms with van der Waals surface area (Å²) in [6, 6.07) is 1.86. The van der Waals surface area contributed by atoms with Crippen LogP contribution in [0.2, 0.25) is 0 Å². The number of aliphatic hydroxyl groups excluding tert-OH is 1. The molecule has 1 heterocycles. The molecule has 1 aromatic rings. The summed E-state index contributed by atoms with van der Waals surface area (Å²) in [5.41, 5.74) is 0. The number of aliphatic hydroxyl groups is 1. The second-order valence-corrected chi connectivity index (χ2v) is 2.89. The lowest BCUT2D eigenvalue weighted by Crippen LogP contribution is -2.34. The first-order chi connectivity index (χ1) is 5.70. The van der Waals surface area contributed by atoms with Gasteiger partial charge in [-0.25, -0.2) is 0 Å². The van der Waals surface area contributed by atoms with Crippen LogP contribution in [0.1, 0.15) is 19.6 Å². The highest BCUT2D eigenvalue weighted by Gasteiger charge is 2.07. The van der Waals surface area contributed by atoms with E-state index in [1.807, 2.05) is 6.92 Å². The molecule has 2 atom stereocenters. The van der Waals surface area contributed by atoms with E-state index >= 15 is 0 Å². The lowest BCUT2D eigenvalue weighted by atomic mass is 10.2. The molecule has 2 N–H and O–H groups in total. The third kappa shape index (κ3) is 2.64. The van der Waals surface area contributed by atoms with Crippen molar-refractivity contribution in [3.63, 3.8) is 0 Å². The lowest BCUT2D eigenvalue weighted by molar-refractivity contribution is 0.150. The smallest absolute Gasteiger partial charge is 0.150 e. The molecule has 1 rings (SSSR count). The highest BCUT2D eigenvalue weighted by Crippen LogP contribution is 1.97. The molecule has 0 aliphatic rings. The predicted molar refractivity (Wildman–Crippen MR) is 44.5 cm³/mol. The van der Waals surface area contributed by atoms with Crippen LogP contribution >= 0.6 is 0 Å². The molecular weight excluding hydrogens is 156 g/mol. The maximum absolute atomic E-state index is 9.14. The summed E-state index contributed by atoms with van der Waals surface area (Å²) in [6.07, 6.45) is 1.25. The van der Waals surface area contributed by atoms with E-state index in [1.54, 1.807) is 19.2 Å².